The summed E-state index contributed by atoms with van der Waals surface area (Å²) in [6.07, 6.45) is 3.17. The lowest BCUT2D eigenvalue weighted by Gasteiger charge is -2.23. The van der Waals surface area contributed by atoms with Crippen LogP contribution in [0.15, 0.2) is 45.6 Å². The Morgan fingerprint density at radius 3 is 2.55 bits per heavy atom. The molecule has 1 atom stereocenters. The van der Waals surface area contributed by atoms with Gasteiger partial charge in [0, 0.05) is 11.5 Å². The minimum absolute atomic E-state index is 0.00972. The zero-order valence-electron chi connectivity index (χ0n) is 17.9. The molecule has 1 aliphatic carbocycles. The second-order valence-electron chi connectivity index (χ2n) is 8.81. The Kier molecular flexibility index (Phi) is 4.29. The largest absolute Gasteiger partial charge is 0.423 e. The van der Waals surface area contributed by atoms with Crippen LogP contribution >= 0.6 is 0 Å². The molecule has 1 aliphatic heterocycles. The third-order valence-corrected chi connectivity index (χ3v) is 6.72. The second-order valence-corrected chi connectivity index (χ2v) is 8.81. The maximum atomic E-state index is 13.4. The topological polar surface area (TPSA) is 79.6 Å². The highest BCUT2D eigenvalue weighted by Gasteiger charge is 2.49. The molecule has 1 unspecified atom stereocenters. The number of fused-ring (bicyclic) bond motifs is 2. The Bertz CT molecular complexity index is 1320. The number of nitrogens with one attached hydrogen (secondary N) is 1. The summed E-state index contributed by atoms with van der Waals surface area (Å²) in [7, 11) is 0. The molecule has 2 aliphatic rings. The lowest BCUT2D eigenvalue weighted by molar-refractivity contribution is -0.131. The van der Waals surface area contributed by atoms with E-state index in [9.17, 15) is 14.4 Å². The lowest BCUT2D eigenvalue weighted by Crippen LogP contribution is -2.41. The average Bonchev–Trinajstić information content (AvgIpc) is 3.27. The number of hydrogen-bond acceptors (Lipinski definition) is 4. The zero-order chi connectivity index (χ0) is 21.9. The highest BCUT2D eigenvalue weighted by molar-refractivity contribution is 6.07. The fourth-order valence-corrected chi connectivity index (χ4v) is 4.70. The van der Waals surface area contributed by atoms with Crippen molar-refractivity contribution in [3.8, 4) is 0 Å². The van der Waals surface area contributed by atoms with Gasteiger partial charge in [0.1, 0.15) is 11.1 Å². The predicted molar refractivity (Wildman–Crippen MR) is 117 cm³/mol. The zero-order valence-corrected chi connectivity index (χ0v) is 17.9. The molecule has 1 N–H and O–H groups in total. The van der Waals surface area contributed by atoms with Crippen LogP contribution in [0.5, 0.6) is 0 Å². The van der Waals surface area contributed by atoms with Crippen LogP contribution in [0.4, 0.5) is 4.79 Å². The molecule has 0 spiro atoms. The van der Waals surface area contributed by atoms with E-state index in [0.717, 1.165) is 41.3 Å². The minimum atomic E-state index is -1.13. The number of aryl methyl sites for hydroxylation is 4. The van der Waals surface area contributed by atoms with E-state index in [2.05, 4.69) is 11.4 Å². The van der Waals surface area contributed by atoms with Gasteiger partial charge in [-0.25, -0.2) is 9.59 Å². The number of hydrogen-bond donors (Lipinski definition) is 1. The summed E-state index contributed by atoms with van der Waals surface area (Å²) < 4.78 is 5.35. The molecule has 3 amide bonds. The molecule has 6 heteroatoms. The van der Waals surface area contributed by atoms with Crippen LogP contribution in [0.2, 0.25) is 0 Å². The fraction of sp³-hybridized carbons (Fsp3) is 0.320. The van der Waals surface area contributed by atoms with Crippen LogP contribution in [0.1, 0.15) is 46.7 Å². The third kappa shape index (κ3) is 3.05. The molecular formula is C25H24N2O4. The van der Waals surface area contributed by atoms with E-state index >= 15 is 0 Å². The Morgan fingerprint density at radius 1 is 1.00 bits per heavy atom. The van der Waals surface area contributed by atoms with Crippen molar-refractivity contribution in [2.75, 3.05) is 0 Å². The molecule has 0 bridgehead atoms. The van der Waals surface area contributed by atoms with Crippen LogP contribution in [0.3, 0.4) is 0 Å². The molecule has 0 radical (unpaired) electrons. The Labute approximate surface area is 179 Å². The van der Waals surface area contributed by atoms with Crippen molar-refractivity contribution >= 4 is 22.9 Å². The van der Waals surface area contributed by atoms with E-state index in [-0.39, 0.29) is 12.5 Å². The highest BCUT2D eigenvalue weighted by atomic mass is 16.4. The third-order valence-electron chi connectivity index (χ3n) is 6.72. The van der Waals surface area contributed by atoms with Crippen LogP contribution in [-0.2, 0) is 29.7 Å². The first-order valence-corrected chi connectivity index (χ1v) is 10.6. The van der Waals surface area contributed by atoms with E-state index in [1.165, 1.54) is 22.1 Å². The summed E-state index contributed by atoms with van der Waals surface area (Å²) in [4.78, 5) is 39.6. The van der Waals surface area contributed by atoms with Gasteiger partial charge in [-0.3, -0.25) is 9.69 Å². The Balaban J connectivity index is 1.53. The molecule has 5 rings (SSSR count). The van der Waals surface area contributed by atoms with Crippen molar-refractivity contribution in [3.63, 3.8) is 0 Å². The first-order valence-electron chi connectivity index (χ1n) is 10.6. The van der Waals surface area contributed by atoms with Gasteiger partial charge in [0.2, 0.25) is 0 Å². The summed E-state index contributed by atoms with van der Waals surface area (Å²) in [5.41, 5.74) is 4.82. The molecule has 158 valence electrons. The first kappa shape index (κ1) is 19.5. The van der Waals surface area contributed by atoms with E-state index < -0.39 is 17.2 Å². The van der Waals surface area contributed by atoms with Crippen molar-refractivity contribution in [2.45, 2.75) is 52.1 Å². The number of nitrogens with zero attached hydrogens (tertiary/aromatic N) is 1. The van der Waals surface area contributed by atoms with Gasteiger partial charge in [-0.1, -0.05) is 18.2 Å². The number of benzene rings is 2. The standard InChI is InChI=1S/C25H24N2O4/c1-14-9-20-18(12-22(28)31-21(20)10-15(14)2)13-27-23(29)25(3,26-24(27)30)19-8-7-16-5-4-6-17(16)11-19/h7-12H,4-6,13H2,1-3H3,(H,26,30). The Morgan fingerprint density at radius 2 is 1.74 bits per heavy atom. The molecule has 3 aromatic rings. The van der Waals surface area contributed by atoms with Crippen LogP contribution in [0, 0.1) is 13.8 Å². The van der Waals surface area contributed by atoms with Gasteiger partial charge in [-0.15, -0.1) is 0 Å². The molecular weight excluding hydrogens is 392 g/mol. The number of imide groups is 1. The quantitative estimate of drug-likeness (QED) is 0.519. The van der Waals surface area contributed by atoms with Gasteiger partial charge >= 0.3 is 11.7 Å². The predicted octanol–water partition coefficient (Wildman–Crippen LogP) is 3.87. The molecule has 0 saturated carbocycles. The maximum absolute atomic E-state index is 13.4. The smallest absolute Gasteiger partial charge is 0.336 e. The first-order chi connectivity index (χ1) is 14.8. The monoisotopic (exact) mass is 416 g/mol. The second kappa shape index (κ2) is 6.80. The number of carbonyl (C=O) groups is 2. The van der Waals surface area contributed by atoms with Gasteiger partial charge in [-0.05, 0) is 85.5 Å². The van der Waals surface area contributed by atoms with Crippen LogP contribution in [-0.4, -0.2) is 16.8 Å². The number of urea groups is 1. The van der Waals surface area contributed by atoms with E-state index in [4.69, 9.17) is 4.42 Å². The summed E-state index contributed by atoms with van der Waals surface area (Å²) in [6, 6.07) is 10.7. The summed E-state index contributed by atoms with van der Waals surface area (Å²) in [5.74, 6) is -0.319. The van der Waals surface area contributed by atoms with Crippen LogP contribution in [0.25, 0.3) is 11.0 Å². The number of rotatable bonds is 3. The summed E-state index contributed by atoms with van der Waals surface area (Å²) in [5, 5.41) is 3.61. The molecule has 1 aromatic heterocycles. The SMILES string of the molecule is Cc1cc2oc(=O)cc(CN3C(=O)NC(C)(c4ccc5c(c4)CCC5)C3=O)c2cc1C. The normalized spacial score (nSPS) is 20.4. The lowest BCUT2D eigenvalue weighted by atomic mass is 9.89. The number of carbonyl (C=O) groups excluding carboxylic acids is 2. The molecule has 6 nitrogen and oxygen atoms in total. The summed E-state index contributed by atoms with van der Waals surface area (Å²) in [6.45, 7) is 5.67. The molecule has 2 aromatic carbocycles. The van der Waals surface area contributed by atoms with Crippen molar-refractivity contribution < 1.29 is 14.0 Å². The van der Waals surface area contributed by atoms with Crippen molar-refractivity contribution in [2.24, 2.45) is 0 Å². The molecule has 1 saturated heterocycles. The van der Waals surface area contributed by atoms with Gasteiger partial charge in [-0.2, -0.15) is 0 Å². The van der Waals surface area contributed by atoms with Gasteiger partial charge in [0.05, 0.1) is 6.54 Å². The van der Waals surface area contributed by atoms with Gasteiger partial charge in [0.15, 0.2) is 0 Å². The highest BCUT2D eigenvalue weighted by Crippen LogP contribution is 2.34. The number of amides is 3. The minimum Gasteiger partial charge on any atom is -0.423 e. The van der Waals surface area contributed by atoms with E-state index in [1.807, 2.05) is 38.1 Å². The molecule has 1 fully saturated rings. The van der Waals surface area contributed by atoms with E-state index in [0.29, 0.717) is 11.1 Å². The van der Waals surface area contributed by atoms with Crippen molar-refractivity contribution in [1.29, 1.82) is 0 Å². The molecule has 2 heterocycles. The Hall–Kier alpha value is -3.41. The average molecular weight is 416 g/mol. The fourth-order valence-electron chi connectivity index (χ4n) is 4.70. The van der Waals surface area contributed by atoms with Crippen LogP contribution < -0.4 is 10.9 Å². The van der Waals surface area contributed by atoms with E-state index in [1.54, 1.807) is 6.92 Å². The van der Waals surface area contributed by atoms with Gasteiger partial charge < -0.3 is 9.73 Å². The van der Waals surface area contributed by atoms with Gasteiger partial charge in [0.25, 0.3) is 5.91 Å². The summed E-state index contributed by atoms with van der Waals surface area (Å²) >= 11 is 0. The van der Waals surface area contributed by atoms with Crippen molar-refractivity contribution in [1.82, 2.24) is 10.2 Å². The van der Waals surface area contributed by atoms with Crippen molar-refractivity contribution in [3.05, 3.63) is 80.2 Å². The maximum Gasteiger partial charge on any atom is 0.336 e. The molecule has 31 heavy (non-hydrogen) atoms.